The number of hydrogen-bond acceptors (Lipinski definition) is 6. The molecular formula is C18H17ClN6O2. The Bertz CT molecular complexity index is 967. The molecule has 1 aliphatic rings. The summed E-state index contributed by atoms with van der Waals surface area (Å²) >= 11 is 6.04. The van der Waals surface area contributed by atoms with Crippen LogP contribution in [0.15, 0.2) is 53.5 Å². The van der Waals surface area contributed by atoms with E-state index in [0.717, 1.165) is 30.8 Å². The third-order valence-corrected chi connectivity index (χ3v) is 4.52. The van der Waals surface area contributed by atoms with Gasteiger partial charge < -0.3 is 10.5 Å². The lowest BCUT2D eigenvalue weighted by Gasteiger charge is -2.15. The van der Waals surface area contributed by atoms with Gasteiger partial charge in [0.25, 0.3) is 0 Å². The van der Waals surface area contributed by atoms with Crippen molar-refractivity contribution in [2.45, 2.75) is 6.42 Å². The van der Waals surface area contributed by atoms with Crippen LogP contribution in [0.1, 0.15) is 12.1 Å². The van der Waals surface area contributed by atoms with E-state index in [1.807, 2.05) is 24.3 Å². The summed E-state index contributed by atoms with van der Waals surface area (Å²) in [5.74, 6) is 0.708. The highest BCUT2D eigenvalue weighted by molar-refractivity contribution is 6.30. The molecule has 0 bridgehead atoms. The van der Waals surface area contributed by atoms with Crippen molar-refractivity contribution in [3.8, 4) is 16.9 Å². The molecule has 8 nitrogen and oxygen atoms in total. The van der Waals surface area contributed by atoms with Crippen molar-refractivity contribution in [2.24, 2.45) is 4.99 Å². The Morgan fingerprint density at radius 1 is 1.11 bits per heavy atom. The van der Waals surface area contributed by atoms with Crippen LogP contribution in [0.3, 0.4) is 0 Å². The van der Waals surface area contributed by atoms with Gasteiger partial charge in [0.15, 0.2) is 17.2 Å². The summed E-state index contributed by atoms with van der Waals surface area (Å²) in [6, 6.07) is 13.9. The van der Waals surface area contributed by atoms with Gasteiger partial charge in [-0.05, 0) is 30.7 Å². The van der Waals surface area contributed by atoms with Crippen LogP contribution in [0, 0.1) is 5.21 Å². The quantitative estimate of drug-likeness (QED) is 0.594. The van der Waals surface area contributed by atoms with Crippen molar-refractivity contribution < 1.29 is 10.4 Å². The minimum absolute atomic E-state index is 0.213. The molecule has 9 heteroatoms. The van der Waals surface area contributed by atoms with Gasteiger partial charge in [-0.25, -0.2) is 9.89 Å². The lowest BCUT2D eigenvalue weighted by Crippen LogP contribution is -2.99. The number of quaternary nitrogens is 1. The highest BCUT2D eigenvalue weighted by Crippen LogP contribution is 2.27. The molecule has 27 heavy (non-hydrogen) atoms. The van der Waals surface area contributed by atoms with Crippen molar-refractivity contribution in [1.29, 1.82) is 0 Å². The fourth-order valence-electron chi connectivity index (χ4n) is 2.93. The minimum Gasteiger partial charge on any atom is -0.595 e. The van der Waals surface area contributed by atoms with Gasteiger partial charge in [-0.1, -0.05) is 28.9 Å². The number of aliphatic imine (C=N–C) groups is 1. The van der Waals surface area contributed by atoms with Gasteiger partial charge in [0, 0.05) is 35.8 Å². The maximum absolute atomic E-state index is 11.1. The highest BCUT2D eigenvalue weighted by Gasteiger charge is 2.22. The molecule has 0 aliphatic carbocycles. The van der Waals surface area contributed by atoms with Crippen molar-refractivity contribution in [1.82, 2.24) is 20.3 Å². The highest BCUT2D eigenvalue weighted by atomic mass is 35.5. The first-order valence-electron chi connectivity index (χ1n) is 8.47. The number of amidine groups is 1. The molecule has 4 rings (SSSR count). The van der Waals surface area contributed by atoms with Crippen molar-refractivity contribution >= 4 is 23.1 Å². The third-order valence-electron chi connectivity index (χ3n) is 4.27. The third kappa shape index (κ3) is 3.56. The fraction of sp³-hybridized carbons (Fsp3) is 0.167. The predicted molar refractivity (Wildman–Crippen MR) is 102 cm³/mol. The molecule has 3 N–H and O–H groups in total. The zero-order valence-electron chi connectivity index (χ0n) is 14.3. The van der Waals surface area contributed by atoms with Gasteiger partial charge in [0.2, 0.25) is 0 Å². The minimum atomic E-state index is -0.973. The van der Waals surface area contributed by atoms with E-state index in [0.29, 0.717) is 22.2 Å². The summed E-state index contributed by atoms with van der Waals surface area (Å²) in [7, 11) is 0. The van der Waals surface area contributed by atoms with E-state index in [4.69, 9.17) is 16.8 Å². The SMILES string of the molecule is [O-][NH+](O)c1ccc(-n2nnc(C3=NCCCN3)c2-c2ccc(Cl)cc2)cc1. The maximum atomic E-state index is 11.1. The molecule has 0 amide bonds. The van der Waals surface area contributed by atoms with Gasteiger partial charge in [-0.15, -0.1) is 5.10 Å². The Labute approximate surface area is 160 Å². The fourth-order valence-corrected chi connectivity index (χ4v) is 3.05. The van der Waals surface area contributed by atoms with E-state index >= 15 is 0 Å². The molecule has 138 valence electrons. The average molecular weight is 385 g/mol. The van der Waals surface area contributed by atoms with E-state index in [2.05, 4.69) is 20.6 Å². The van der Waals surface area contributed by atoms with Crippen LogP contribution in [0.2, 0.25) is 5.02 Å². The summed E-state index contributed by atoms with van der Waals surface area (Å²) in [6.45, 7) is 1.57. The van der Waals surface area contributed by atoms with Crippen molar-refractivity contribution in [3.05, 3.63) is 64.5 Å². The second kappa shape index (κ2) is 7.45. The first-order valence-corrected chi connectivity index (χ1v) is 8.85. The van der Waals surface area contributed by atoms with E-state index in [1.165, 1.54) is 0 Å². The topological polar surface area (TPSA) is 103 Å². The number of aromatic nitrogens is 3. The predicted octanol–water partition coefficient (Wildman–Crippen LogP) is 1.73. The van der Waals surface area contributed by atoms with E-state index in [-0.39, 0.29) is 5.69 Å². The Kier molecular flexibility index (Phi) is 4.87. The van der Waals surface area contributed by atoms with Crippen molar-refractivity contribution in [2.75, 3.05) is 13.1 Å². The number of halogens is 1. The summed E-state index contributed by atoms with van der Waals surface area (Å²) in [5, 5.41) is 31.8. The van der Waals surface area contributed by atoms with Crippen LogP contribution < -0.4 is 10.5 Å². The van der Waals surface area contributed by atoms with Crippen molar-refractivity contribution in [3.63, 3.8) is 0 Å². The normalized spacial score (nSPS) is 15.1. The molecular weight excluding hydrogens is 368 g/mol. The Morgan fingerprint density at radius 3 is 2.48 bits per heavy atom. The Hall–Kier alpha value is -2.78. The lowest BCUT2D eigenvalue weighted by atomic mass is 10.1. The number of benzene rings is 2. The van der Waals surface area contributed by atoms with Crippen LogP contribution in [0.25, 0.3) is 16.9 Å². The average Bonchev–Trinajstić information content (AvgIpc) is 3.14. The van der Waals surface area contributed by atoms with Crippen LogP contribution >= 0.6 is 11.6 Å². The molecule has 0 saturated carbocycles. The van der Waals surface area contributed by atoms with E-state index < -0.39 is 5.23 Å². The van der Waals surface area contributed by atoms with Crippen LogP contribution in [0.5, 0.6) is 0 Å². The molecule has 1 atom stereocenters. The van der Waals surface area contributed by atoms with Crippen LogP contribution in [-0.4, -0.2) is 39.1 Å². The second-order valence-corrected chi connectivity index (χ2v) is 6.50. The monoisotopic (exact) mass is 384 g/mol. The summed E-state index contributed by atoms with van der Waals surface area (Å²) in [6.07, 6.45) is 0.977. The molecule has 2 aromatic carbocycles. The first-order chi connectivity index (χ1) is 13.1. The molecule has 1 aliphatic heterocycles. The number of hydrogen-bond donors (Lipinski definition) is 3. The molecule has 0 saturated heterocycles. The van der Waals surface area contributed by atoms with Crippen LogP contribution in [0.4, 0.5) is 5.69 Å². The first kappa shape index (κ1) is 17.6. The zero-order chi connectivity index (χ0) is 18.8. The number of nitrogens with one attached hydrogen (secondary N) is 2. The van der Waals surface area contributed by atoms with Crippen LogP contribution in [-0.2, 0) is 0 Å². The standard InChI is InChI=1S/C18H17ClN6O2/c19-13-4-2-12(3-5-13)17-16(18-20-10-1-11-21-18)22-23-24(17)14-6-8-15(9-7-14)25(26)27/h2-9,25-26H,1,10-11H2,(H,20,21). The molecule has 0 fully saturated rings. The Morgan fingerprint density at radius 2 is 1.85 bits per heavy atom. The second-order valence-electron chi connectivity index (χ2n) is 6.07. The molecule has 2 heterocycles. The van der Waals surface area contributed by atoms with Gasteiger partial charge in [-0.2, -0.15) is 5.23 Å². The maximum Gasteiger partial charge on any atom is 0.163 e. The summed E-state index contributed by atoms with van der Waals surface area (Å²) in [5.41, 5.74) is 3.23. The van der Waals surface area contributed by atoms with Gasteiger partial charge in [0.1, 0.15) is 5.69 Å². The molecule has 0 radical (unpaired) electrons. The number of nitrogens with zero attached hydrogens (tertiary/aromatic N) is 4. The van der Waals surface area contributed by atoms with E-state index in [9.17, 15) is 5.21 Å². The summed E-state index contributed by atoms with van der Waals surface area (Å²) < 4.78 is 1.68. The molecule has 1 unspecified atom stereocenters. The zero-order valence-corrected chi connectivity index (χ0v) is 15.0. The molecule has 0 spiro atoms. The Balaban J connectivity index is 1.85. The number of rotatable bonds is 4. The van der Waals surface area contributed by atoms with E-state index in [1.54, 1.807) is 28.9 Å². The summed E-state index contributed by atoms with van der Waals surface area (Å²) in [4.78, 5) is 4.53. The van der Waals surface area contributed by atoms with Gasteiger partial charge in [-0.3, -0.25) is 4.99 Å². The molecule has 1 aromatic heterocycles. The lowest BCUT2D eigenvalue weighted by molar-refractivity contribution is -0.991. The smallest absolute Gasteiger partial charge is 0.163 e. The molecule has 3 aromatic rings. The largest absolute Gasteiger partial charge is 0.595 e. The van der Waals surface area contributed by atoms with Gasteiger partial charge >= 0.3 is 0 Å². The van der Waals surface area contributed by atoms with Gasteiger partial charge in [0.05, 0.1) is 5.69 Å².